The number of thiazole rings is 1. The van der Waals surface area contributed by atoms with Crippen LogP contribution in [-0.4, -0.2) is 23.6 Å². The van der Waals surface area contributed by atoms with E-state index < -0.39 is 17.3 Å². The first-order chi connectivity index (χ1) is 14.0. The van der Waals surface area contributed by atoms with Gasteiger partial charge in [0.1, 0.15) is 24.0 Å². The zero-order valence-electron chi connectivity index (χ0n) is 15.7. The van der Waals surface area contributed by atoms with Gasteiger partial charge in [0, 0.05) is 0 Å². The quantitative estimate of drug-likeness (QED) is 0.486. The summed E-state index contributed by atoms with van der Waals surface area (Å²) in [6.45, 7) is 1.81. The summed E-state index contributed by atoms with van der Waals surface area (Å²) in [5, 5.41) is 0.308. The smallest absolute Gasteiger partial charge is 0.325 e. The summed E-state index contributed by atoms with van der Waals surface area (Å²) in [5.74, 6) is -1.20. The summed E-state index contributed by atoms with van der Waals surface area (Å²) in [6, 6.07) is 12.4. The van der Waals surface area contributed by atoms with Crippen molar-refractivity contribution < 1.29 is 18.7 Å². The molecular formula is C21H16N2O5S. The molecule has 1 amide bonds. The van der Waals surface area contributed by atoms with Crippen LogP contribution in [0.25, 0.3) is 21.2 Å². The number of nitrogens with zero attached hydrogens (tertiary/aromatic N) is 2. The second-order valence-corrected chi connectivity index (χ2v) is 7.37. The van der Waals surface area contributed by atoms with Crippen LogP contribution in [-0.2, 0) is 16.1 Å². The van der Waals surface area contributed by atoms with Crippen LogP contribution in [0.15, 0.2) is 62.9 Å². The number of benzene rings is 2. The maximum absolute atomic E-state index is 12.8. The van der Waals surface area contributed by atoms with Gasteiger partial charge in [-0.1, -0.05) is 35.6 Å². The lowest BCUT2D eigenvalue weighted by molar-refractivity contribution is -0.141. The van der Waals surface area contributed by atoms with E-state index in [1.807, 2.05) is 25.1 Å². The van der Waals surface area contributed by atoms with Crippen LogP contribution in [0.2, 0.25) is 0 Å². The Hall–Kier alpha value is -3.52. The average Bonchev–Trinajstić information content (AvgIpc) is 3.06. The van der Waals surface area contributed by atoms with E-state index in [0.717, 1.165) is 22.0 Å². The van der Waals surface area contributed by atoms with Gasteiger partial charge in [-0.3, -0.25) is 14.4 Å². The van der Waals surface area contributed by atoms with Crippen LogP contribution < -0.4 is 10.2 Å². The first kappa shape index (κ1) is 18.8. The molecule has 0 saturated carbocycles. The molecule has 0 bridgehead atoms. The highest BCUT2D eigenvalue weighted by Gasteiger charge is 2.17. The molecule has 7 nitrogen and oxygen atoms in total. The zero-order valence-corrected chi connectivity index (χ0v) is 16.5. The highest BCUT2D eigenvalue weighted by molar-refractivity contribution is 7.16. The third-order valence-electron chi connectivity index (χ3n) is 4.53. The second-order valence-electron chi connectivity index (χ2n) is 6.36. The number of aromatic nitrogens is 1. The third-order valence-corrected chi connectivity index (χ3v) is 5.57. The maximum Gasteiger partial charge on any atom is 0.325 e. The number of aryl methyl sites for hydroxylation is 1. The molecule has 0 aliphatic carbocycles. The molecule has 0 N–H and O–H groups in total. The normalized spacial score (nSPS) is 11.9. The van der Waals surface area contributed by atoms with Gasteiger partial charge in [-0.05, 0) is 30.7 Å². The largest absolute Gasteiger partial charge is 0.468 e. The summed E-state index contributed by atoms with van der Waals surface area (Å²) in [5.41, 5.74) is 1.51. The summed E-state index contributed by atoms with van der Waals surface area (Å²) in [6.07, 6.45) is 1.12. The summed E-state index contributed by atoms with van der Waals surface area (Å²) in [7, 11) is 1.30. The number of carbonyl (C=O) groups is 2. The topological polar surface area (TPSA) is 90.9 Å². The second kappa shape index (κ2) is 7.48. The lowest BCUT2D eigenvalue weighted by atomic mass is 10.1. The molecule has 0 radical (unpaired) electrons. The van der Waals surface area contributed by atoms with E-state index >= 15 is 0 Å². The number of fused-ring (bicyclic) bond motifs is 2. The van der Waals surface area contributed by atoms with Gasteiger partial charge >= 0.3 is 5.97 Å². The Kier molecular flexibility index (Phi) is 4.85. The van der Waals surface area contributed by atoms with Gasteiger partial charge in [0.2, 0.25) is 5.43 Å². The number of carbonyl (C=O) groups excluding carboxylic acids is 2. The zero-order chi connectivity index (χ0) is 20.5. The molecule has 0 aliphatic rings. The highest BCUT2D eigenvalue weighted by Crippen LogP contribution is 2.21. The Labute approximate surface area is 168 Å². The van der Waals surface area contributed by atoms with E-state index in [-0.39, 0.29) is 12.1 Å². The van der Waals surface area contributed by atoms with Crippen molar-refractivity contribution in [1.29, 1.82) is 0 Å². The Morgan fingerprint density at radius 1 is 1.17 bits per heavy atom. The van der Waals surface area contributed by atoms with E-state index in [0.29, 0.717) is 15.8 Å². The van der Waals surface area contributed by atoms with Gasteiger partial charge in [-0.15, -0.1) is 0 Å². The predicted molar refractivity (Wildman–Crippen MR) is 109 cm³/mol. The molecule has 2 aromatic carbocycles. The number of ether oxygens (including phenoxy) is 1. The number of hydrogen-bond acceptors (Lipinski definition) is 6. The monoisotopic (exact) mass is 408 g/mol. The SMILES string of the molecule is COC(=O)Cn1c(=NC(=O)c2coc3ccccc3c2=O)sc2cccc(C)c21. The van der Waals surface area contributed by atoms with Crippen molar-refractivity contribution in [3.8, 4) is 0 Å². The van der Waals surface area contributed by atoms with Crippen LogP contribution in [0.3, 0.4) is 0 Å². The number of methoxy groups -OCH3 is 1. The van der Waals surface area contributed by atoms with Gasteiger partial charge in [-0.2, -0.15) is 4.99 Å². The summed E-state index contributed by atoms with van der Waals surface area (Å²) < 4.78 is 12.7. The van der Waals surface area contributed by atoms with Crippen LogP contribution in [0.4, 0.5) is 0 Å². The molecule has 0 saturated heterocycles. The molecule has 8 heteroatoms. The van der Waals surface area contributed by atoms with E-state index in [4.69, 9.17) is 9.15 Å². The van der Waals surface area contributed by atoms with Crippen LogP contribution in [0.5, 0.6) is 0 Å². The number of para-hydroxylation sites is 2. The summed E-state index contributed by atoms with van der Waals surface area (Å²) in [4.78, 5) is 41.8. The molecule has 0 fully saturated rings. The van der Waals surface area contributed by atoms with Crippen molar-refractivity contribution in [2.75, 3.05) is 7.11 Å². The van der Waals surface area contributed by atoms with Gasteiger partial charge in [0.15, 0.2) is 4.80 Å². The number of amides is 1. The minimum absolute atomic E-state index is 0.0974. The Morgan fingerprint density at radius 2 is 1.97 bits per heavy atom. The van der Waals surface area contributed by atoms with Crippen molar-refractivity contribution in [2.24, 2.45) is 4.99 Å². The van der Waals surface area contributed by atoms with Crippen molar-refractivity contribution >= 4 is 44.4 Å². The van der Waals surface area contributed by atoms with Gasteiger partial charge in [0.05, 0.1) is 22.7 Å². The average molecular weight is 408 g/mol. The molecule has 4 aromatic rings. The van der Waals surface area contributed by atoms with Gasteiger partial charge in [0.25, 0.3) is 5.91 Å². The van der Waals surface area contributed by atoms with Crippen molar-refractivity contribution in [3.05, 3.63) is 74.9 Å². The molecule has 4 rings (SSSR count). The summed E-state index contributed by atoms with van der Waals surface area (Å²) >= 11 is 1.26. The molecule has 0 spiro atoms. The maximum atomic E-state index is 12.8. The van der Waals surface area contributed by atoms with Gasteiger partial charge < -0.3 is 13.7 Å². The van der Waals surface area contributed by atoms with E-state index in [9.17, 15) is 14.4 Å². The number of esters is 1. The Balaban J connectivity index is 1.90. The first-order valence-electron chi connectivity index (χ1n) is 8.75. The molecule has 0 atom stereocenters. The predicted octanol–water partition coefficient (Wildman–Crippen LogP) is 3.03. The van der Waals surface area contributed by atoms with E-state index in [1.165, 1.54) is 18.4 Å². The molecule has 146 valence electrons. The fraction of sp³-hybridized carbons (Fsp3) is 0.143. The van der Waals surface area contributed by atoms with Gasteiger partial charge in [-0.25, -0.2) is 0 Å². The van der Waals surface area contributed by atoms with E-state index in [2.05, 4.69) is 4.99 Å². The number of rotatable bonds is 3. The van der Waals surface area contributed by atoms with Crippen LogP contribution >= 0.6 is 11.3 Å². The molecule has 2 aromatic heterocycles. The van der Waals surface area contributed by atoms with Crippen molar-refractivity contribution in [1.82, 2.24) is 4.57 Å². The molecule has 0 unspecified atom stereocenters. The minimum Gasteiger partial charge on any atom is -0.468 e. The molecule has 2 heterocycles. The Morgan fingerprint density at radius 3 is 2.76 bits per heavy atom. The fourth-order valence-electron chi connectivity index (χ4n) is 3.11. The van der Waals surface area contributed by atoms with Crippen molar-refractivity contribution in [3.63, 3.8) is 0 Å². The molecule has 0 aliphatic heterocycles. The van der Waals surface area contributed by atoms with E-state index in [1.54, 1.807) is 28.8 Å². The minimum atomic E-state index is -0.729. The lowest BCUT2D eigenvalue weighted by Gasteiger charge is -2.05. The number of hydrogen-bond donors (Lipinski definition) is 0. The molecule has 29 heavy (non-hydrogen) atoms. The van der Waals surface area contributed by atoms with Crippen LogP contribution in [0, 0.1) is 6.92 Å². The van der Waals surface area contributed by atoms with Crippen molar-refractivity contribution in [2.45, 2.75) is 13.5 Å². The fourth-order valence-corrected chi connectivity index (χ4v) is 4.21. The van der Waals surface area contributed by atoms with Crippen LogP contribution in [0.1, 0.15) is 15.9 Å². The highest BCUT2D eigenvalue weighted by atomic mass is 32.1. The lowest BCUT2D eigenvalue weighted by Crippen LogP contribution is -2.24. The first-order valence-corrected chi connectivity index (χ1v) is 9.56. The third kappa shape index (κ3) is 3.38. The standard InChI is InChI=1S/C21H16N2O5S/c1-12-6-5-9-16-18(12)23(10-17(24)27-2)21(29-16)22-20(26)14-11-28-15-8-4-3-7-13(15)19(14)25/h3-9,11H,10H2,1-2H3. The Bertz CT molecular complexity index is 1390. The molecular weight excluding hydrogens is 392 g/mol.